The first kappa shape index (κ1) is 26.6. The first-order valence-electron chi connectivity index (χ1n) is 12.6. The average Bonchev–Trinajstić information content (AvgIpc) is 3.16. The molecule has 0 bridgehead atoms. The van der Waals surface area contributed by atoms with Crippen LogP contribution in [0.25, 0.3) is 0 Å². The van der Waals surface area contributed by atoms with Gasteiger partial charge in [-0.05, 0) is 39.2 Å². The van der Waals surface area contributed by atoms with Gasteiger partial charge < -0.3 is 19.9 Å². The fourth-order valence-corrected chi connectivity index (χ4v) is 5.14. The Morgan fingerprint density at radius 1 is 1.06 bits per heavy atom. The van der Waals surface area contributed by atoms with Crippen LogP contribution in [0.5, 0.6) is 0 Å². The van der Waals surface area contributed by atoms with Gasteiger partial charge in [0.15, 0.2) is 11.8 Å². The van der Waals surface area contributed by atoms with Crippen molar-refractivity contribution in [2.75, 3.05) is 52.5 Å². The monoisotopic (exact) mass is 574 g/mol. The second kappa shape index (κ2) is 13.8. The second-order valence-electron chi connectivity index (χ2n) is 9.54. The highest BCUT2D eigenvalue weighted by molar-refractivity contribution is 14.0. The SMILES string of the molecule is Cc1nnc(CN=C(NCCN2CCOCC2)NC2CCCN(C3CCCCC3)C2)n1C.I. The van der Waals surface area contributed by atoms with Crippen molar-refractivity contribution in [2.45, 2.75) is 70.5 Å². The summed E-state index contributed by atoms with van der Waals surface area (Å²) in [6.45, 7) is 10.5. The van der Waals surface area contributed by atoms with Crippen LogP contribution in [-0.4, -0.2) is 95.1 Å². The van der Waals surface area contributed by atoms with Gasteiger partial charge in [-0.3, -0.25) is 9.80 Å². The lowest BCUT2D eigenvalue weighted by molar-refractivity contribution is 0.0389. The number of ether oxygens (including phenoxy) is 1. The van der Waals surface area contributed by atoms with E-state index in [2.05, 4.69) is 30.6 Å². The zero-order valence-electron chi connectivity index (χ0n) is 20.5. The van der Waals surface area contributed by atoms with E-state index in [0.29, 0.717) is 12.6 Å². The third kappa shape index (κ3) is 8.03. The number of halogens is 1. The maximum Gasteiger partial charge on any atom is 0.192 e. The maximum atomic E-state index is 5.47. The summed E-state index contributed by atoms with van der Waals surface area (Å²) in [4.78, 5) is 10.1. The third-order valence-corrected chi connectivity index (χ3v) is 7.27. The number of likely N-dealkylation sites (tertiary alicyclic amines) is 1. The van der Waals surface area contributed by atoms with E-state index in [0.717, 1.165) is 69.6 Å². The molecule has 33 heavy (non-hydrogen) atoms. The summed E-state index contributed by atoms with van der Waals surface area (Å²) in [6, 6.07) is 1.23. The molecule has 1 aromatic rings. The number of nitrogens with one attached hydrogen (secondary N) is 2. The van der Waals surface area contributed by atoms with Crippen LogP contribution in [0.1, 0.15) is 56.6 Å². The van der Waals surface area contributed by atoms with Crippen molar-refractivity contribution < 1.29 is 4.74 Å². The highest BCUT2D eigenvalue weighted by Crippen LogP contribution is 2.25. The fraction of sp³-hybridized carbons (Fsp3) is 0.870. The number of rotatable bonds is 7. The van der Waals surface area contributed by atoms with Gasteiger partial charge in [0.2, 0.25) is 0 Å². The number of morpholine rings is 1. The lowest BCUT2D eigenvalue weighted by Gasteiger charge is -2.40. The molecule has 1 saturated carbocycles. The molecule has 3 fully saturated rings. The topological polar surface area (TPSA) is 82.8 Å². The van der Waals surface area contributed by atoms with E-state index >= 15 is 0 Å². The van der Waals surface area contributed by atoms with Crippen molar-refractivity contribution in [3.63, 3.8) is 0 Å². The van der Waals surface area contributed by atoms with Gasteiger partial charge in [-0.1, -0.05) is 19.3 Å². The third-order valence-electron chi connectivity index (χ3n) is 7.27. The Labute approximate surface area is 216 Å². The van der Waals surface area contributed by atoms with Gasteiger partial charge in [-0.2, -0.15) is 0 Å². The highest BCUT2D eigenvalue weighted by Gasteiger charge is 2.27. The van der Waals surface area contributed by atoms with Crippen molar-refractivity contribution in [1.29, 1.82) is 0 Å². The van der Waals surface area contributed by atoms with Gasteiger partial charge in [0.1, 0.15) is 12.4 Å². The molecule has 3 heterocycles. The summed E-state index contributed by atoms with van der Waals surface area (Å²) >= 11 is 0. The Morgan fingerprint density at radius 3 is 2.58 bits per heavy atom. The molecule has 1 aliphatic carbocycles. The van der Waals surface area contributed by atoms with Gasteiger partial charge in [0, 0.05) is 51.9 Å². The van der Waals surface area contributed by atoms with Crippen molar-refractivity contribution in [2.24, 2.45) is 12.0 Å². The molecule has 0 radical (unpaired) electrons. The summed E-state index contributed by atoms with van der Waals surface area (Å²) in [5.74, 6) is 2.71. The number of nitrogens with zero attached hydrogens (tertiary/aromatic N) is 6. The minimum atomic E-state index is 0. The Balaban J connectivity index is 0.00000306. The van der Waals surface area contributed by atoms with E-state index < -0.39 is 0 Å². The average molecular weight is 575 g/mol. The summed E-state index contributed by atoms with van der Waals surface area (Å²) in [6.07, 6.45) is 9.41. The van der Waals surface area contributed by atoms with E-state index in [1.807, 2.05) is 18.5 Å². The van der Waals surface area contributed by atoms with E-state index in [1.54, 1.807) is 0 Å². The molecule has 2 saturated heterocycles. The molecule has 2 N–H and O–H groups in total. The van der Waals surface area contributed by atoms with Gasteiger partial charge in [0.25, 0.3) is 0 Å². The predicted molar refractivity (Wildman–Crippen MR) is 142 cm³/mol. The molecular weight excluding hydrogens is 531 g/mol. The van der Waals surface area contributed by atoms with Crippen molar-refractivity contribution in [1.82, 2.24) is 35.2 Å². The number of guanidine groups is 1. The van der Waals surface area contributed by atoms with Crippen LogP contribution in [0.3, 0.4) is 0 Å². The van der Waals surface area contributed by atoms with Crippen LogP contribution in [-0.2, 0) is 18.3 Å². The standard InChI is InChI=1S/C23H42N8O.HI/c1-19-27-28-22(29(19)2)17-25-23(24-10-12-30-13-15-32-16-14-30)26-20-7-6-11-31(18-20)21-8-4-3-5-9-21;/h20-21H,3-18H2,1-2H3,(H2,24,25,26);1H. The zero-order valence-corrected chi connectivity index (χ0v) is 22.8. The lowest BCUT2D eigenvalue weighted by Crippen LogP contribution is -2.54. The van der Waals surface area contributed by atoms with Crippen LogP contribution in [0.15, 0.2) is 4.99 Å². The van der Waals surface area contributed by atoms with Crippen LogP contribution in [0.2, 0.25) is 0 Å². The number of hydrogen-bond donors (Lipinski definition) is 2. The molecule has 0 spiro atoms. The molecule has 1 atom stereocenters. The Kier molecular flexibility index (Phi) is 11.1. The first-order chi connectivity index (χ1) is 15.7. The number of aliphatic imine (C=N–C) groups is 1. The normalized spacial score (nSPS) is 23.8. The molecule has 0 amide bonds. The van der Waals surface area contributed by atoms with Gasteiger partial charge in [-0.15, -0.1) is 34.2 Å². The summed E-state index contributed by atoms with van der Waals surface area (Å²) in [5.41, 5.74) is 0. The molecular formula is C23H43IN8O. The molecule has 3 aliphatic rings. The molecule has 1 unspecified atom stereocenters. The lowest BCUT2D eigenvalue weighted by atomic mass is 9.92. The second-order valence-corrected chi connectivity index (χ2v) is 9.54. The fourth-order valence-electron chi connectivity index (χ4n) is 5.14. The maximum absolute atomic E-state index is 5.47. The molecule has 9 nitrogen and oxygen atoms in total. The van der Waals surface area contributed by atoms with Crippen LogP contribution < -0.4 is 10.6 Å². The number of aromatic nitrogens is 3. The first-order valence-corrected chi connectivity index (χ1v) is 12.6. The van der Waals surface area contributed by atoms with E-state index in [4.69, 9.17) is 9.73 Å². The van der Waals surface area contributed by atoms with Crippen LogP contribution in [0, 0.1) is 6.92 Å². The number of piperidine rings is 1. The quantitative estimate of drug-likeness (QED) is 0.293. The Bertz CT molecular complexity index is 730. The molecule has 0 aromatic carbocycles. The molecule has 188 valence electrons. The predicted octanol–water partition coefficient (Wildman–Crippen LogP) is 1.91. The highest BCUT2D eigenvalue weighted by atomic mass is 127. The molecule has 10 heteroatoms. The van der Waals surface area contributed by atoms with Crippen LogP contribution in [0.4, 0.5) is 0 Å². The van der Waals surface area contributed by atoms with E-state index in [9.17, 15) is 0 Å². The van der Waals surface area contributed by atoms with Gasteiger partial charge in [0.05, 0.1) is 13.2 Å². The van der Waals surface area contributed by atoms with Gasteiger partial charge in [-0.25, -0.2) is 4.99 Å². The summed E-state index contributed by atoms with van der Waals surface area (Å²) in [5, 5.41) is 15.8. The molecule has 2 aliphatic heterocycles. The number of aryl methyl sites for hydroxylation is 1. The Morgan fingerprint density at radius 2 is 1.85 bits per heavy atom. The van der Waals surface area contributed by atoms with Crippen molar-refractivity contribution >= 4 is 29.9 Å². The zero-order chi connectivity index (χ0) is 22.2. The van der Waals surface area contributed by atoms with E-state index in [-0.39, 0.29) is 24.0 Å². The van der Waals surface area contributed by atoms with Gasteiger partial charge >= 0.3 is 0 Å². The summed E-state index contributed by atoms with van der Waals surface area (Å²) < 4.78 is 7.48. The summed E-state index contributed by atoms with van der Waals surface area (Å²) in [7, 11) is 2.00. The smallest absolute Gasteiger partial charge is 0.192 e. The molecule has 4 rings (SSSR count). The molecule has 1 aromatic heterocycles. The van der Waals surface area contributed by atoms with Crippen molar-refractivity contribution in [3.05, 3.63) is 11.6 Å². The van der Waals surface area contributed by atoms with Crippen molar-refractivity contribution in [3.8, 4) is 0 Å². The minimum absolute atomic E-state index is 0. The largest absolute Gasteiger partial charge is 0.379 e. The van der Waals surface area contributed by atoms with Crippen LogP contribution >= 0.6 is 24.0 Å². The minimum Gasteiger partial charge on any atom is -0.379 e. The van der Waals surface area contributed by atoms with E-state index in [1.165, 1.54) is 51.5 Å². The Hall–Kier alpha value is -0.980. The number of hydrogen-bond acceptors (Lipinski definition) is 6.